The number of carbonyl (C=O) groups is 1. The van der Waals surface area contributed by atoms with E-state index in [-0.39, 0.29) is 5.56 Å². The first-order valence-electron chi connectivity index (χ1n) is 4.81. The largest absolute Gasteiger partial charge is 0.319 e. The molecule has 0 radical (unpaired) electrons. The highest BCUT2D eigenvalue weighted by Gasteiger charge is 2.10. The fraction of sp³-hybridized carbons (Fsp3) is 0.0909. The third-order valence-electron chi connectivity index (χ3n) is 2.09. The molecule has 1 heterocycles. The molecular formula is C11H9F2N3O. The van der Waals surface area contributed by atoms with E-state index in [2.05, 4.69) is 10.4 Å². The fourth-order valence-corrected chi connectivity index (χ4v) is 1.37. The molecule has 17 heavy (non-hydrogen) atoms. The minimum Gasteiger partial charge on any atom is -0.319 e. The molecule has 0 aliphatic heterocycles. The van der Waals surface area contributed by atoms with Crippen molar-refractivity contribution in [2.75, 3.05) is 5.32 Å². The van der Waals surface area contributed by atoms with E-state index in [1.807, 2.05) is 0 Å². The van der Waals surface area contributed by atoms with Gasteiger partial charge in [-0.15, -0.1) is 0 Å². The van der Waals surface area contributed by atoms with Crippen LogP contribution in [0.5, 0.6) is 0 Å². The van der Waals surface area contributed by atoms with Crippen molar-refractivity contribution in [3.05, 3.63) is 47.8 Å². The van der Waals surface area contributed by atoms with E-state index in [4.69, 9.17) is 0 Å². The van der Waals surface area contributed by atoms with Crippen LogP contribution in [-0.2, 0) is 7.05 Å². The van der Waals surface area contributed by atoms with Crippen LogP contribution >= 0.6 is 0 Å². The Balaban J connectivity index is 2.19. The van der Waals surface area contributed by atoms with E-state index >= 15 is 0 Å². The summed E-state index contributed by atoms with van der Waals surface area (Å²) >= 11 is 0. The molecule has 6 heteroatoms. The minimum absolute atomic E-state index is 0.0775. The second-order valence-corrected chi connectivity index (χ2v) is 3.51. The lowest BCUT2D eigenvalue weighted by Crippen LogP contribution is -2.12. The summed E-state index contributed by atoms with van der Waals surface area (Å²) in [7, 11) is 1.69. The predicted molar refractivity (Wildman–Crippen MR) is 57.5 cm³/mol. The van der Waals surface area contributed by atoms with Crippen LogP contribution in [0.15, 0.2) is 30.6 Å². The molecule has 0 atom stereocenters. The summed E-state index contributed by atoms with van der Waals surface area (Å²) in [4.78, 5) is 11.6. The van der Waals surface area contributed by atoms with Crippen LogP contribution in [-0.4, -0.2) is 15.7 Å². The van der Waals surface area contributed by atoms with Gasteiger partial charge in [0, 0.05) is 24.9 Å². The van der Waals surface area contributed by atoms with Gasteiger partial charge < -0.3 is 5.32 Å². The Kier molecular flexibility index (Phi) is 2.86. The van der Waals surface area contributed by atoms with Crippen LogP contribution in [0, 0.1) is 11.6 Å². The number of hydrogen-bond donors (Lipinski definition) is 1. The molecule has 0 spiro atoms. The molecule has 0 aliphatic carbocycles. The zero-order valence-corrected chi connectivity index (χ0v) is 8.95. The van der Waals surface area contributed by atoms with E-state index in [0.29, 0.717) is 11.8 Å². The topological polar surface area (TPSA) is 46.9 Å². The molecule has 1 amide bonds. The molecule has 1 N–H and O–H groups in total. The highest BCUT2D eigenvalue weighted by Crippen LogP contribution is 2.11. The number of amides is 1. The molecule has 0 bridgehead atoms. The van der Waals surface area contributed by atoms with Crippen molar-refractivity contribution in [2.24, 2.45) is 7.05 Å². The third-order valence-corrected chi connectivity index (χ3v) is 2.09. The summed E-state index contributed by atoms with van der Waals surface area (Å²) in [6.45, 7) is 0. The van der Waals surface area contributed by atoms with E-state index in [0.717, 1.165) is 12.1 Å². The monoisotopic (exact) mass is 237 g/mol. The van der Waals surface area contributed by atoms with E-state index < -0.39 is 17.5 Å². The Morgan fingerprint density at radius 1 is 1.29 bits per heavy atom. The van der Waals surface area contributed by atoms with Crippen molar-refractivity contribution < 1.29 is 13.6 Å². The minimum atomic E-state index is -0.790. The number of carbonyl (C=O) groups excluding carboxylic acids is 1. The van der Waals surface area contributed by atoms with Gasteiger partial charge in [0.15, 0.2) is 0 Å². The molecule has 0 aliphatic rings. The lowest BCUT2D eigenvalue weighted by Gasteiger charge is -2.02. The first-order chi connectivity index (χ1) is 8.04. The number of hydrogen-bond acceptors (Lipinski definition) is 2. The summed E-state index contributed by atoms with van der Waals surface area (Å²) < 4.78 is 27.3. The summed E-state index contributed by atoms with van der Waals surface area (Å²) in [5, 5.41) is 6.33. The Morgan fingerprint density at radius 3 is 2.47 bits per heavy atom. The molecule has 1 aromatic carbocycles. The third kappa shape index (κ3) is 2.66. The molecule has 2 aromatic rings. The van der Waals surface area contributed by atoms with Gasteiger partial charge in [0.1, 0.15) is 11.6 Å². The second-order valence-electron chi connectivity index (χ2n) is 3.51. The van der Waals surface area contributed by atoms with Crippen molar-refractivity contribution in [2.45, 2.75) is 0 Å². The van der Waals surface area contributed by atoms with Crippen LogP contribution < -0.4 is 5.32 Å². The number of nitrogens with zero attached hydrogens (tertiary/aromatic N) is 2. The number of aromatic nitrogens is 2. The molecule has 0 saturated heterocycles. The van der Waals surface area contributed by atoms with E-state index in [1.54, 1.807) is 13.2 Å². The fourth-order valence-electron chi connectivity index (χ4n) is 1.37. The highest BCUT2D eigenvalue weighted by molar-refractivity contribution is 6.04. The van der Waals surface area contributed by atoms with Gasteiger partial charge >= 0.3 is 0 Å². The van der Waals surface area contributed by atoms with Crippen LogP contribution in [0.4, 0.5) is 14.5 Å². The first kappa shape index (κ1) is 11.3. The van der Waals surface area contributed by atoms with Gasteiger partial charge in [-0.25, -0.2) is 8.78 Å². The van der Waals surface area contributed by atoms with Crippen LogP contribution in [0.25, 0.3) is 0 Å². The summed E-state index contributed by atoms with van der Waals surface area (Å²) in [6.07, 6.45) is 3.01. The lowest BCUT2D eigenvalue weighted by molar-refractivity contribution is 0.102. The van der Waals surface area contributed by atoms with Gasteiger partial charge in [-0.05, 0) is 12.1 Å². The number of halogens is 2. The standard InChI is InChI=1S/C11H9F2N3O/c1-16-6-10(5-14-16)15-11(17)7-2-8(12)4-9(13)3-7/h2-6H,1H3,(H,15,17). The van der Waals surface area contributed by atoms with Crippen LogP contribution in [0.3, 0.4) is 0 Å². The smallest absolute Gasteiger partial charge is 0.255 e. The van der Waals surface area contributed by atoms with Crippen molar-refractivity contribution in [3.63, 3.8) is 0 Å². The normalized spacial score (nSPS) is 10.3. The number of benzene rings is 1. The van der Waals surface area contributed by atoms with Gasteiger partial charge in [-0.2, -0.15) is 5.10 Å². The van der Waals surface area contributed by atoms with Gasteiger partial charge in [-0.3, -0.25) is 9.48 Å². The molecule has 88 valence electrons. The number of anilines is 1. The summed E-state index contributed by atoms with van der Waals surface area (Å²) in [6, 6.07) is 2.64. The average molecular weight is 237 g/mol. The number of nitrogens with one attached hydrogen (secondary N) is 1. The van der Waals surface area contributed by atoms with Crippen molar-refractivity contribution in [3.8, 4) is 0 Å². The number of rotatable bonds is 2. The number of aryl methyl sites for hydroxylation is 1. The molecule has 0 fully saturated rings. The first-order valence-corrected chi connectivity index (χ1v) is 4.81. The lowest BCUT2D eigenvalue weighted by atomic mass is 10.2. The molecule has 0 unspecified atom stereocenters. The van der Waals surface area contributed by atoms with Crippen molar-refractivity contribution >= 4 is 11.6 Å². The zero-order valence-electron chi connectivity index (χ0n) is 8.95. The van der Waals surface area contributed by atoms with Gasteiger partial charge in [0.25, 0.3) is 5.91 Å². The Hall–Kier alpha value is -2.24. The quantitative estimate of drug-likeness (QED) is 0.867. The summed E-state index contributed by atoms with van der Waals surface area (Å²) in [5.74, 6) is -2.17. The predicted octanol–water partition coefficient (Wildman–Crippen LogP) is 1.95. The Morgan fingerprint density at radius 2 is 1.94 bits per heavy atom. The van der Waals surface area contributed by atoms with E-state index in [1.165, 1.54) is 10.9 Å². The second kappa shape index (κ2) is 4.32. The van der Waals surface area contributed by atoms with E-state index in [9.17, 15) is 13.6 Å². The maximum absolute atomic E-state index is 12.9. The highest BCUT2D eigenvalue weighted by atomic mass is 19.1. The molecule has 4 nitrogen and oxygen atoms in total. The van der Waals surface area contributed by atoms with Crippen LogP contribution in [0.1, 0.15) is 10.4 Å². The average Bonchev–Trinajstić information content (AvgIpc) is 2.62. The Labute approximate surface area is 95.9 Å². The van der Waals surface area contributed by atoms with Gasteiger partial charge in [0.05, 0.1) is 11.9 Å². The molecule has 2 rings (SSSR count). The zero-order chi connectivity index (χ0) is 12.4. The molecule has 0 saturated carbocycles. The van der Waals surface area contributed by atoms with Crippen molar-refractivity contribution in [1.29, 1.82) is 0 Å². The summed E-state index contributed by atoms with van der Waals surface area (Å²) in [5.41, 5.74) is 0.383. The maximum atomic E-state index is 12.9. The van der Waals surface area contributed by atoms with Gasteiger partial charge in [-0.1, -0.05) is 0 Å². The van der Waals surface area contributed by atoms with Crippen molar-refractivity contribution in [1.82, 2.24) is 9.78 Å². The van der Waals surface area contributed by atoms with Gasteiger partial charge in [0.2, 0.25) is 0 Å². The van der Waals surface area contributed by atoms with Crippen LogP contribution in [0.2, 0.25) is 0 Å². The molecule has 1 aromatic heterocycles. The Bertz CT molecular complexity index is 545. The maximum Gasteiger partial charge on any atom is 0.255 e. The molecular weight excluding hydrogens is 228 g/mol. The SMILES string of the molecule is Cn1cc(NC(=O)c2cc(F)cc(F)c2)cn1.